The van der Waals surface area contributed by atoms with Crippen LogP contribution in [0.1, 0.15) is 5.56 Å². The van der Waals surface area contributed by atoms with Gasteiger partial charge in [-0.3, -0.25) is 10.1 Å². The van der Waals surface area contributed by atoms with E-state index in [4.69, 9.17) is 4.74 Å². The molecule has 0 atom stereocenters. The summed E-state index contributed by atoms with van der Waals surface area (Å²) < 4.78 is 20.1. The number of H-pyrrole nitrogens is 1. The van der Waals surface area contributed by atoms with Crippen LogP contribution in [0.5, 0.6) is 11.5 Å². The number of amides is 2. The molecular formula is C21H15FN6O4. The number of ether oxygens (including phenoxy) is 1. The van der Waals surface area contributed by atoms with Gasteiger partial charge in [-0.25, -0.2) is 19.6 Å². The maximum Gasteiger partial charge on any atom is 0.339 e. The highest BCUT2D eigenvalue weighted by Gasteiger charge is 2.11. The number of nitro benzene ring substituents is 1. The van der Waals surface area contributed by atoms with E-state index < -0.39 is 16.8 Å². The number of anilines is 1. The second-order valence-electron chi connectivity index (χ2n) is 6.47. The normalized spacial score (nSPS) is 10.9. The van der Waals surface area contributed by atoms with E-state index in [2.05, 4.69) is 25.8 Å². The molecule has 0 bridgehead atoms. The van der Waals surface area contributed by atoms with Crippen LogP contribution in [0, 0.1) is 15.9 Å². The highest BCUT2D eigenvalue weighted by Crippen LogP contribution is 2.31. The molecule has 0 unspecified atom stereocenters. The lowest BCUT2D eigenvalue weighted by Gasteiger charge is -2.10. The highest BCUT2D eigenvalue weighted by atomic mass is 19.1. The Morgan fingerprint density at radius 2 is 1.97 bits per heavy atom. The van der Waals surface area contributed by atoms with Gasteiger partial charge in [-0.15, -0.1) is 0 Å². The van der Waals surface area contributed by atoms with Crippen LogP contribution in [0.15, 0.2) is 72.1 Å². The molecule has 4 aromatic rings. The van der Waals surface area contributed by atoms with Gasteiger partial charge in [0, 0.05) is 36.3 Å². The number of non-ortho nitro benzene ring substituents is 1. The molecule has 0 radical (unpaired) electrons. The van der Waals surface area contributed by atoms with Crippen molar-refractivity contribution in [2.24, 2.45) is 5.10 Å². The largest absolute Gasteiger partial charge is 0.453 e. The van der Waals surface area contributed by atoms with E-state index in [9.17, 15) is 19.3 Å². The van der Waals surface area contributed by atoms with E-state index >= 15 is 0 Å². The SMILES string of the molecule is O=C(N/N=C/c1ccc([N+](=O)[O-])cc1)Nc1ccc(Oc2ccnc3[nH]ccc23)c(F)c1. The summed E-state index contributed by atoms with van der Waals surface area (Å²) in [5, 5.41) is 17.5. The predicted octanol–water partition coefficient (Wildman–Crippen LogP) is 4.56. The van der Waals surface area contributed by atoms with Gasteiger partial charge in [0.25, 0.3) is 5.69 Å². The number of urea groups is 1. The van der Waals surface area contributed by atoms with Crippen molar-refractivity contribution in [3.8, 4) is 11.5 Å². The van der Waals surface area contributed by atoms with E-state index in [-0.39, 0.29) is 17.1 Å². The Bertz CT molecular complexity index is 1320. The molecule has 0 spiro atoms. The number of benzene rings is 2. The second-order valence-corrected chi connectivity index (χ2v) is 6.47. The molecule has 11 heteroatoms. The number of rotatable bonds is 6. The van der Waals surface area contributed by atoms with Crippen LogP contribution >= 0.6 is 0 Å². The summed E-state index contributed by atoms with van der Waals surface area (Å²) in [6.45, 7) is 0. The van der Waals surface area contributed by atoms with Crippen molar-refractivity contribution in [2.75, 3.05) is 5.32 Å². The molecule has 0 aliphatic rings. The number of fused-ring (bicyclic) bond motifs is 1. The first-order valence-corrected chi connectivity index (χ1v) is 9.23. The third-order valence-corrected chi connectivity index (χ3v) is 4.31. The zero-order valence-corrected chi connectivity index (χ0v) is 16.3. The van der Waals surface area contributed by atoms with E-state index in [0.717, 1.165) is 6.07 Å². The number of nitrogens with zero attached hydrogens (tertiary/aromatic N) is 3. The minimum atomic E-state index is -0.695. The summed E-state index contributed by atoms with van der Waals surface area (Å²) in [4.78, 5) is 29.2. The summed E-state index contributed by atoms with van der Waals surface area (Å²) in [5.74, 6) is -0.243. The molecule has 0 fully saturated rings. The van der Waals surface area contributed by atoms with Crippen LogP contribution in [-0.2, 0) is 0 Å². The molecule has 4 rings (SSSR count). The van der Waals surface area contributed by atoms with E-state index in [1.807, 2.05) is 0 Å². The minimum absolute atomic E-state index is 0.0131. The topological polar surface area (TPSA) is 135 Å². The van der Waals surface area contributed by atoms with Gasteiger partial charge in [-0.2, -0.15) is 5.10 Å². The zero-order chi connectivity index (χ0) is 22.5. The summed E-state index contributed by atoms with van der Waals surface area (Å²) in [6, 6.07) is 12.3. The van der Waals surface area contributed by atoms with Gasteiger partial charge >= 0.3 is 6.03 Å². The number of carbonyl (C=O) groups is 1. The van der Waals surface area contributed by atoms with Crippen LogP contribution < -0.4 is 15.5 Å². The molecule has 2 heterocycles. The number of hydrogen-bond donors (Lipinski definition) is 3. The molecule has 10 nitrogen and oxygen atoms in total. The smallest absolute Gasteiger partial charge is 0.339 e. The molecular weight excluding hydrogens is 419 g/mol. The molecule has 3 N–H and O–H groups in total. The Morgan fingerprint density at radius 3 is 2.72 bits per heavy atom. The molecule has 0 aliphatic carbocycles. The van der Waals surface area contributed by atoms with Crippen LogP contribution in [0.4, 0.5) is 20.6 Å². The van der Waals surface area contributed by atoms with Gasteiger partial charge in [-0.1, -0.05) is 0 Å². The number of nitrogens with one attached hydrogen (secondary N) is 3. The van der Waals surface area contributed by atoms with Crippen molar-refractivity contribution in [2.45, 2.75) is 0 Å². The number of halogens is 1. The standard InChI is InChI=1S/C21H15FN6O4/c22-17-11-14(3-6-19(17)32-18-8-10-24-20-16(18)7-9-23-20)26-21(29)27-25-12-13-1-4-15(5-2-13)28(30)31/h1-12H,(H,23,24)(H2,26,27,29)/b25-12+. The lowest BCUT2D eigenvalue weighted by atomic mass is 10.2. The van der Waals surface area contributed by atoms with E-state index in [1.165, 1.54) is 42.6 Å². The third-order valence-electron chi connectivity index (χ3n) is 4.31. The van der Waals surface area contributed by atoms with Crippen LogP contribution in [0.25, 0.3) is 11.0 Å². The highest BCUT2D eigenvalue weighted by molar-refractivity contribution is 5.90. The maximum atomic E-state index is 14.5. The van der Waals surface area contributed by atoms with Crippen LogP contribution in [0.2, 0.25) is 0 Å². The van der Waals surface area contributed by atoms with Gasteiger partial charge < -0.3 is 15.0 Å². The van der Waals surface area contributed by atoms with Gasteiger partial charge in [0.2, 0.25) is 0 Å². The second kappa shape index (κ2) is 8.92. The van der Waals surface area contributed by atoms with Crippen LogP contribution in [-0.4, -0.2) is 27.1 Å². The molecule has 2 aromatic carbocycles. The molecule has 2 amide bonds. The molecule has 160 valence electrons. The molecule has 2 aromatic heterocycles. The van der Waals surface area contributed by atoms with E-state index in [0.29, 0.717) is 22.3 Å². The van der Waals surface area contributed by atoms with E-state index in [1.54, 1.807) is 24.5 Å². The number of carbonyl (C=O) groups excluding carboxylic acids is 1. The Labute approximate surface area is 179 Å². The molecule has 32 heavy (non-hydrogen) atoms. The number of nitro groups is 1. The first kappa shape index (κ1) is 20.5. The lowest BCUT2D eigenvalue weighted by molar-refractivity contribution is -0.384. The molecule has 0 aliphatic heterocycles. The lowest BCUT2D eigenvalue weighted by Crippen LogP contribution is -2.24. The Kier molecular flexibility index (Phi) is 5.70. The summed E-state index contributed by atoms with van der Waals surface area (Å²) in [5.41, 5.74) is 3.54. The van der Waals surface area contributed by atoms with Crippen molar-refractivity contribution >= 4 is 34.7 Å². The Morgan fingerprint density at radius 1 is 1.16 bits per heavy atom. The molecule has 0 saturated carbocycles. The Balaban J connectivity index is 1.36. The summed E-state index contributed by atoms with van der Waals surface area (Å²) in [6.07, 6.45) is 4.57. The van der Waals surface area contributed by atoms with Crippen molar-refractivity contribution in [1.29, 1.82) is 0 Å². The molecule has 0 saturated heterocycles. The van der Waals surface area contributed by atoms with Gasteiger partial charge in [-0.05, 0) is 42.0 Å². The number of pyridine rings is 1. The number of hydrazone groups is 1. The third kappa shape index (κ3) is 4.67. The average Bonchev–Trinajstić information content (AvgIpc) is 3.26. The first-order chi connectivity index (χ1) is 15.5. The number of hydrogen-bond acceptors (Lipinski definition) is 6. The first-order valence-electron chi connectivity index (χ1n) is 9.23. The van der Waals surface area contributed by atoms with Crippen molar-refractivity contribution in [3.63, 3.8) is 0 Å². The van der Waals surface area contributed by atoms with Crippen molar-refractivity contribution in [1.82, 2.24) is 15.4 Å². The van der Waals surface area contributed by atoms with Crippen molar-refractivity contribution in [3.05, 3.63) is 88.5 Å². The average molecular weight is 434 g/mol. The maximum absolute atomic E-state index is 14.5. The fourth-order valence-electron chi connectivity index (χ4n) is 2.81. The fourth-order valence-corrected chi connectivity index (χ4v) is 2.81. The minimum Gasteiger partial charge on any atom is -0.453 e. The number of aromatic nitrogens is 2. The summed E-state index contributed by atoms with van der Waals surface area (Å²) >= 11 is 0. The predicted molar refractivity (Wildman–Crippen MR) is 115 cm³/mol. The quantitative estimate of drug-likeness (QED) is 0.232. The monoisotopic (exact) mass is 434 g/mol. The number of aromatic amines is 1. The van der Waals surface area contributed by atoms with Crippen molar-refractivity contribution < 1.29 is 18.8 Å². The van der Waals surface area contributed by atoms with Gasteiger partial charge in [0.05, 0.1) is 16.5 Å². The fraction of sp³-hybridized carbons (Fsp3) is 0. The zero-order valence-electron chi connectivity index (χ0n) is 16.3. The van der Waals surface area contributed by atoms with Crippen LogP contribution in [0.3, 0.4) is 0 Å². The Hall–Kier alpha value is -4.80. The van der Waals surface area contributed by atoms with Gasteiger partial charge in [0.1, 0.15) is 11.4 Å². The summed E-state index contributed by atoms with van der Waals surface area (Å²) in [7, 11) is 0. The van der Waals surface area contributed by atoms with Gasteiger partial charge in [0.15, 0.2) is 11.6 Å².